The van der Waals surface area contributed by atoms with E-state index in [-0.39, 0.29) is 11.8 Å². The highest BCUT2D eigenvalue weighted by atomic mass is 16.2. The average Bonchev–Trinajstić information content (AvgIpc) is 3.58. The fourth-order valence-corrected chi connectivity index (χ4v) is 5.03. The number of aromatic amines is 1. The Kier molecular flexibility index (Phi) is 4.15. The zero-order chi connectivity index (χ0) is 20.9. The number of hydrogen-bond acceptors (Lipinski definition) is 5. The zero-order valence-corrected chi connectivity index (χ0v) is 17.4. The number of carbonyl (C=O) groups is 1. The summed E-state index contributed by atoms with van der Waals surface area (Å²) >= 11 is 0. The minimum atomic E-state index is -0.0426. The maximum atomic E-state index is 13.4. The highest BCUT2D eigenvalue weighted by molar-refractivity contribution is 5.96. The number of nitrogens with zero attached hydrogens (tertiary/aromatic N) is 7. The third-order valence-electron chi connectivity index (χ3n) is 6.63. The molecule has 1 N–H and O–H groups in total. The molecule has 1 amide bonds. The number of nitrogens with one attached hydrogen (secondary N) is 1. The van der Waals surface area contributed by atoms with Crippen molar-refractivity contribution in [3.63, 3.8) is 0 Å². The molecule has 1 unspecified atom stereocenters. The highest BCUT2D eigenvalue weighted by Gasteiger charge is 2.33. The fraction of sp³-hybridized carbons (Fsp3) is 0.409. The number of H-pyrrole nitrogens is 1. The Bertz CT molecular complexity index is 1260. The molecule has 1 aliphatic heterocycles. The SMILES string of the molecule is Cn1cc(C2CN(C(=O)c3cnc4c(c3)ncn4C3CCCC3)Cc3[nH]cnc32)cn1. The average molecular weight is 416 g/mol. The highest BCUT2D eigenvalue weighted by Crippen LogP contribution is 2.33. The smallest absolute Gasteiger partial charge is 0.255 e. The monoisotopic (exact) mass is 416 g/mol. The van der Waals surface area contributed by atoms with Crippen LogP contribution in [0.4, 0.5) is 0 Å². The van der Waals surface area contributed by atoms with Crippen molar-refractivity contribution in [2.75, 3.05) is 6.54 Å². The van der Waals surface area contributed by atoms with Crippen molar-refractivity contribution >= 4 is 17.1 Å². The second-order valence-electron chi connectivity index (χ2n) is 8.61. The molecule has 0 spiro atoms. The minimum Gasteiger partial charge on any atom is -0.347 e. The van der Waals surface area contributed by atoms with E-state index in [2.05, 4.69) is 29.6 Å². The van der Waals surface area contributed by atoms with Crippen LogP contribution in [-0.4, -0.2) is 51.6 Å². The van der Waals surface area contributed by atoms with Gasteiger partial charge in [0.05, 0.1) is 42.3 Å². The van der Waals surface area contributed by atoms with Crippen LogP contribution >= 0.6 is 0 Å². The lowest BCUT2D eigenvalue weighted by molar-refractivity contribution is 0.0721. The number of aromatic nitrogens is 7. The third kappa shape index (κ3) is 3.03. The lowest BCUT2D eigenvalue weighted by atomic mass is 9.93. The quantitative estimate of drug-likeness (QED) is 0.554. The van der Waals surface area contributed by atoms with Gasteiger partial charge in [-0.15, -0.1) is 0 Å². The molecule has 0 aromatic carbocycles. The summed E-state index contributed by atoms with van der Waals surface area (Å²) in [5.41, 5.74) is 5.22. The first-order valence-electron chi connectivity index (χ1n) is 10.8. The van der Waals surface area contributed by atoms with Crippen molar-refractivity contribution in [1.29, 1.82) is 0 Å². The largest absolute Gasteiger partial charge is 0.347 e. The van der Waals surface area contributed by atoms with E-state index < -0.39 is 0 Å². The number of rotatable bonds is 3. The molecule has 31 heavy (non-hydrogen) atoms. The molecule has 4 aromatic rings. The predicted octanol–water partition coefficient (Wildman–Crippen LogP) is 2.79. The summed E-state index contributed by atoms with van der Waals surface area (Å²) in [7, 11) is 1.90. The Morgan fingerprint density at radius 1 is 1.16 bits per heavy atom. The summed E-state index contributed by atoms with van der Waals surface area (Å²) in [6, 6.07) is 2.35. The summed E-state index contributed by atoms with van der Waals surface area (Å²) in [5, 5.41) is 4.30. The Balaban J connectivity index is 1.30. The first-order chi connectivity index (χ1) is 15.2. The molecule has 1 atom stereocenters. The minimum absolute atomic E-state index is 0.00841. The van der Waals surface area contributed by atoms with Crippen molar-refractivity contribution in [3.05, 3.63) is 59.8 Å². The second-order valence-corrected chi connectivity index (χ2v) is 8.61. The van der Waals surface area contributed by atoms with Crippen LogP contribution in [0.2, 0.25) is 0 Å². The standard InChI is InChI=1S/C22H24N8O/c1-28-9-15(8-27-28)17-10-29(11-19-20(17)25-12-24-19)22(31)14-6-18-21(23-7-14)30(13-26-18)16-4-2-3-5-16/h6-9,12-13,16-17H,2-5,10-11H2,1H3,(H,24,25). The number of carbonyl (C=O) groups excluding carboxylic acids is 1. The summed E-state index contributed by atoms with van der Waals surface area (Å²) < 4.78 is 3.95. The van der Waals surface area contributed by atoms with Gasteiger partial charge in [0.15, 0.2) is 5.65 Å². The molecule has 9 heteroatoms. The van der Waals surface area contributed by atoms with E-state index in [0.717, 1.165) is 28.1 Å². The van der Waals surface area contributed by atoms with Crippen molar-refractivity contribution < 1.29 is 4.79 Å². The van der Waals surface area contributed by atoms with Crippen molar-refractivity contribution in [2.45, 2.75) is 44.2 Å². The topological polar surface area (TPSA) is 97.5 Å². The van der Waals surface area contributed by atoms with Crippen LogP contribution in [0.3, 0.4) is 0 Å². The van der Waals surface area contributed by atoms with Gasteiger partial charge in [-0.05, 0) is 18.9 Å². The van der Waals surface area contributed by atoms with Gasteiger partial charge in [-0.25, -0.2) is 15.0 Å². The van der Waals surface area contributed by atoms with E-state index in [0.29, 0.717) is 24.7 Å². The first-order valence-corrected chi connectivity index (χ1v) is 10.8. The van der Waals surface area contributed by atoms with Gasteiger partial charge in [-0.3, -0.25) is 9.48 Å². The maximum Gasteiger partial charge on any atom is 0.255 e. The molecule has 1 aliphatic carbocycles. The molecule has 2 aliphatic rings. The van der Waals surface area contributed by atoms with E-state index in [1.807, 2.05) is 36.7 Å². The number of imidazole rings is 2. The molecular formula is C22H24N8O. The summed E-state index contributed by atoms with van der Waals surface area (Å²) in [6.07, 6.45) is 13.9. The van der Waals surface area contributed by atoms with Crippen LogP contribution in [0.5, 0.6) is 0 Å². The molecule has 0 bridgehead atoms. The number of fused-ring (bicyclic) bond motifs is 2. The van der Waals surface area contributed by atoms with Crippen LogP contribution < -0.4 is 0 Å². The molecular weight excluding hydrogens is 392 g/mol. The lowest BCUT2D eigenvalue weighted by Crippen LogP contribution is -2.38. The van der Waals surface area contributed by atoms with Crippen LogP contribution in [0.25, 0.3) is 11.2 Å². The van der Waals surface area contributed by atoms with Gasteiger partial charge in [0.25, 0.3) is 5.91 Å². The van der Waals surface area contributed by atoms with Gasteiger partial charge in [0, 0.05) is 43.5 Å². The molecule has 158 valence electrons. The Labute approximate surface area is 179 Å². The number of amides is 1. The van der Waals surface area contributed by atoms with E-state index >= 15 is 0 Å². The summed E-state index contributed by atoms with van der Waals surface area (Å²) in [4.78, 5) is 32.2. The molecule has 6 rings (SSSR count). The number of hydrogen-bond donors (Lipinski definition) is 1. The maximum absolute atomic E-state index is 13.4. The molecule has 0 saturated heterocycles. The molecule has 0 radical (unpaired) electrons. The van der Waals surface area contributed by atoms with Gasteiger partial charge in [-0.2, -0.15) is 5.10 Å². The van der Waals surface area contributed by atoms with E-state index in [4.69, 9.17) is 0 Å². The second kappa shape index (κ2) is 7.04. The summed E-state index contributed by atoms with van der Waals surface area (Å²) in [6.45, 7) is 1.05. The third-order valence-corrected chi connectivity index (χ3v) is 6.63. The van der Waals surface area contributed by atoms with Gasteiger partial charge in [0.2, 0.25) is 0 Å². The normalized spacial score (nSPS) is 19.3. The van der Waals surface area contributed by atoms with E-state index in [1.165, 1.54) is 25.7 Å². The molecule has 1 fully saturated rings. The zero-order valence-electron chi connectivity index (χ0n) is 17.4. The fourth-order valence-electron chi connectivity index (χ4n) is 5.03. The van der Waals surface area contributed by atoms with Crippen LogP contribution in [0.15, 0.2) is 37.3 Å². The number of pyridine rings is 1. The molecule has 5 heterocycles. The lowest BCUT2D eigenvalue weighted by Gasteiger charge is -2.31. The van der Waals surface area contributed by atoms with Crippen molar-refractivity contribution in [1.82, 2.24) is 39.2 Å². The van der Waals surface area contributed by atoms with Gasteiger partial charge in [0.1, 0.15) is 5.52 Å². The van der Waals surface area contributed by atoms with E-state index in [9.17, 15) is 4.79 Å². The molecule has 1 saturated carbocycles. The molecule has 9 nitrogen and oxygen atoms in total. The Hall–Kier alpha value is -3.49. The summed E-state index contributed by atoms with van der Waals surface area (Å²) in [5.74, 6) is -0.0510. The molecule has 4 aromatic heterocycles. The predicted molar refractivity (Wildman–Crippen MR) is 113 cm³/mol. The van der Waals surface area contributed by atoms with Crippen molar-refractivity contribution in [3.8, 4) is 0 Å². The Morgan fingerprint density at radius 3 is 2.84 bits per heavy atom. The van der Waals surface area contributed by atoms with E-state index in [1.54, 1.807) is 17.2 Å². The van der Waals surface area contributed by atoms with Crippen LogP contribution in [-0.2, 0) is 13.6 Å². The van der Waals surface area contributed by atoms with Crippen LogP contribution in [0, 0.1) is 0 Å². The van der Waals surface area contributed by atoms with Gasteiger partial charge < -0.3 is 14.5 Å². The van der Waals surface area contributed by atoms with Crippen molar-refractivity contribution in [2.24, 2.45) is 7.05 Å². The van der Waals surface area contributed by atoms with Gasteiger partial charge >= 0.3 is 0 Å². The first kappa shape index (κ1) is 18.3. The van der Waals surface area contributed by atoms with Gasteiger partial charge in [-0.1, -0.05) is 12.8 Å². The number of aryl methyl sites for hydroxylation is 1. The van der Waals surface area contributed by atoms with Crippen LogP contribution in [0.1, 0.15) is 65.0 Å². The Morgan fingerprint density at radius 2 is 2.03 bits per heavy atom.